The molecule has 2 N–H and O–H groups in total. The highest BCUT2D eigenvalue weighted by atomic mass is 32.1. The molecular formula is C19H10N6OS. The predicted molar refractivity (Wildman–Crippen MR) is 102 cm³/mol. The number of hydrogen-bond acceptors (Lipinski definition) is 7. The molecular weight excluding hydrogens is 360 g/mol. The molecule has 0 atom stereocenters. The molecule has 8 heteroatoms. The van der Waals surface area contributed by atoms with Gasteiger partial charge in [0.05, 0.1) is 10.2 Å². The van der Waals surface area contributed by atoms with E-state index in [0.717, 1.165) is 10.2 Å². The summed E-state index contributed by atoms with van der Waals surface area (Å²) in [5, 5.41) is 32.7. The maximum Gasteiger partial charge on any atom is 0.257 e. The van der Waals surface area contributed by atoms with Crippen molar-refractivity contribution in [1.82, 2.24) is 4.98 Å². The summed E-state index contributed by atoms with van der Waals surface area (Å²) < 4.78 is 0.981. The molecule has 0 aliphatic heterocycles. The Labute approximate surface area is 158 Å². The second-order valence-corrected chi connectivity index (χ2v) is 6.26. The number of allylic oxidation sites excluding steroid dienone is 2. The van der Waals surface area contributed by atoms with Crippen LogP contribution in [-0.4, -0.2) is 10.9 Å². The van der Waals surface area contributed by atoms with Crippen LogP contribution in [0.3, 0.4) is 0 Å². The Hall–Kier alpha value is -4.19. The first kappa shape index (κ1) is 17.6. The zero-order chi connectivity index (χ0) is 19.2. The Morgan fingerprint density at radius 3 is 2.26 bits per heavy atom. The first-order valence-electron chi connectivity index (χ1n) is 7.63. The summed E-state index contributed by atoms with van der Waals surface area (Å²) in [6.07, 6.45) is 0. The zero-order valence-electron chi connectivity index (χ0n) is 13.7. The highest BCUT2D eigenvalue weighted by Crippen LogP contribution is 2.26. The van der Waals surface area contributed by atoms with E-state index in [1.54, 1.807) is 42.5 Å². The lowest BCUT2D eigenvalue weighted by Crippen LogP contribution is -2.11. The normalized spacial score (nSPS) is 9.52. The third-order valence-electron chi connectivity index (χ3n) is 3.52. The number of amides is 1. The maximum atomic E-state index is 12.4. The number of rotatable bonds is 4. The van der Waals surface area contributed by atoms with E-state index in [2.05, 4.69) is 15.6 Å². The van der Waals surface area contributed by atoms with Gasteiger partial charge in [0, 0.05) is 11.3 Å². The fourth-order valence-corrected chi connectivity index (χ4v) is 3.09. The minimum atomic E-state index is -0.314. The molecule has 128 valence electrons. The van der Waals surface area contributed by atoms with E-state index in [0.29, 0.717) is 16.4 Å². The van der Waals surface area contributed by atoms with Crippen LogP contribution in [0.1, 0.15) is 10.4 Å². The van der Waals surface area contributed by atoms with E-state index >= 15 is 0 Å². The predicted octanol–water partition coefficient (Wildman–Crippen LogP) is 3.79. The van der Waals surface area contributed by atoms with Crippen LogP contribution < -0.4 is 10.6 Å². The van der Waals surface area contributed by atoms with E-state index < -0.39 is 0 Å². The van der Waals surface area contributed by atoms with Crippen molar-refractivity contribution in [3.63, 3.8) is 0 Å². The largest absolute Gasteiger partial charge is 0.345 e. The number of carbonyl (C=O) groups excluding carboxylic acids is 1. The van der Waals surface area contributed by atoms with E-state index in [1.165, 1.54) is 11.3 Å². The van der Waals surface area contributed by atoms with Crippen molar-refractivity contribution >= 4 is 38.3 Å². The number of nitrogens with one attached hydrogen (secondary N) is 2. The van der Waals surface area contributed by atoms with Crippen molar-refractivity contribution < 1.29 is 4.79 Å². The summed E-state index contributed by atoms with van der Waals surface area (Å²) in [6, 6.07) is 19.0. The Kier molecular flexibility index (Phi) is 5.09. The fraction of sp³-hybridized carbons (Fsp3) is 0. The highest BCUT2D eigenvalue weighted by molar-refractivity contribution is 7.22. The molecule has 1 heterocycles. The Morgan fingerprint density at radius 2 is 1.63 bits per heavy atom. The molecule has 0 saturated heterocycles. The number of carbonyl (C=O) groups is 1. The fourth-order valence-electron chi connectivity index (χ4n) is 2.23. The van der Waals surface area contributed by atoms with Crippen LogP contribution in [0.4, 0.5) is 10.8 Å². The van der Waals surface area contributed by atoms with E-state index in [-0.39, 0.29) is 17.2 Å². The SMILES string of the molecule is N#CC(C#N)=C(C#N)Nc1ccc(C(=O)Nc2nc3ccccc3s2)cc1. The topological polar surface area (TPSA) is 125 Å². The van der Waals surface area contributed by atoms with E-state index in [9.17, 15) is 4.79 Å². The summed E-state index contributed by atoms with van der Waals surface area (Å²) in [6.45, 7) is 0. The standard InChI is InChI=1S/C19H10N6OS/c20-9-13(10-21)16(11-22)23-14-7-5-12(6-8-14)18(26)25-19-24-15-3-1-2-4-17(15)27-19/h1-8,23H,(H,24,25,26). The molecule has 0 unspecified atom stereocenters. The van der Waals surface area contributed by atoms with Crippen molar-refractivity contribution in [1.29, 1.82) is 15.8 Å². The van der Waals surface area contributed by atoms with Gasteiger partial charge in [-0.3, -0.25) is 10.1 Å². The third-order valence-corrected chi connectivity index (χ3v) is 4.47. The second-order valence-electron chi connectivity index (χ2n) is 5.23. The van der Waals surface area contributed by atoms with Gasteiger partial charge in [-0.15, -0.1) is 0 Å². The summed E-state index contributed by atoms with van der Waals surface area (Å²) >= 11 is 1.38. The lowest BCUT2D eigenvalue weighted by molar-refractivity contribution is 0.102. The molecule has 1 aromatic heterocycles. The zero-order valence-corrected chi connectivity index (χ0v) is 14.5. The van der Waals surface area contributed by atoms with E-state index in [1.807, 2.05) is 24.3 Å². The third kappa shape index (κ3) is 3.91. The average Bonchev–Trinajstić information content (AvgIpc) is 3.10. The number of nitrogens with zero attached hydrogens (tertiary/aromatic N) is 4. The second kappa shape index (κ2) is 7.79. The molecule has 0 spiro atoms. The number of hydrogen-bond donors (Lipinski definition) is 2. The lowest BCUT2D eigenvalue weighted by atomic mass is 10.2. The van der Waals surface area contributed by atoms with Crippen molar-refractivity contribution in [3.05, 3.63) is 65.4 Å². The molecule has 0 radical (unpaired) electrons. The summed E-state index contributed by atoms with van der Waals surface area (Å²) in [7, 11) is 0. The molecule has 0 fully saturated rings. The average molecular weight is 370 g/mol. The van der Waals surface area contributed by atoms with Gasteiger partial charge in [-0.2, -0.15) is 15.8 Å². The van der Waals surface area contributed by atoms with Crippen molar-refractivity contribution in [2.45, 2.75) is 0 Å². The van der Waals surface area contributed by atoms with Gasteiger partial charge in [0.15, 0.2) is 10.7 Å². The first-order valence-corrected chi connectivity index (χ1v) is 8.45. The number of benzene rings is 2. The van der Waals surface area contributed by atoms with Crippen LogP contribution in [0.5, 0.6) is 0 Å². The quantitative estimate of drug-likeness (QED) is 0.673. The Morgan fingerprint density at radius 1 is 0.926 bits per heavy atom. The van der Waals surface area contributed by atoms with Gasteiger partial charge in [0.25, 0.3) is 5.91 Å². The van der Waals surface area contributed by atoms with Gasteiger partial charge in [-0.1, -0.05) is 23.5 Å². The van der Waals surface area contributed by atoms with Crippen LogP contribution in [0.25, 0.3) is 10.2 Å². The molecule has 7 nitrogen and oxygen atoms in total. The van der Waals surface area contributed by atoms with Crippen LogP contribution in [-0.2, 0) is 0 Å². The molecule has 3 aromatic rings. The van der Waals surface area contributed by atoms with Crippen molar-refractivity contribution in [2.75, 3.05) is 10.6 Å². The first-order chi connectivity index (χ1) is 13.1. The minimum absolute atomic E-state index is 0.147. The number of para-hydroxylation sites is 1. The van der Waals surface area contributed by atoms with Crippen LogP contribution >= 0.6 is 11.3 Å². The monoisotopic (exact) mass is 370 g/mol. The summed E-state index contributed by atoms with van der Waals surface area (Å²) in [5.74, 6) is -0.314. The van der Waals surface area contributed by atoms with Gasteiger partial charge in [-0.25, -0.2) is 4.98 Å². The number of nitriles is 3. The molecule has 0 aliphatic rings. The minimum Gasteiger partial charge on any atom is -0.345 e. The number of anilines is 2. The number of thiazole rings is 1. The van der Waals surface area contributed by atoms with Gasteiger partial charge >= 0.3 is 0 Å². The summed E-state index contributed by atoms with van der Waals surface area (Å²) in [4.78, 5) is 16.7. The molecule has 1 amide bonds. The molecule has 27 heavy (non-hydrogen) atoms. The molecule has 0 bridgehead atoms. The van der Waals surface area contributed by atoms with Gasteiger partial charge < -0.3 is 5.32 Å². The smallest absolute Gasteiger partial charge is 0.257 e. The molecule has 2 aromatic carbocycles. The Bertz CT molecular complexity index is 1120. The van der Waals surface area contributed by atoms with Gasteiger partial charge in [0.2, 0.25) is 0 Å². The van der Waals surface area contributed by atoms with Crippen LogP contribution in [0.15, 0.2) is 59.8 Å². The summed E-state index contributed by atoms with van der Waals surface area (Å²) in [5.41, 5.74) is 1.25. The molecule has 0 saturated carbocycles. The maximum absolute atomic E-state index is 12.4. The van der Waals surface area contributed by atoms with Crippen molar-refractivity contribution in [2.24, 2.45) is 0 Å². The van der Waals surface area contributed by atoms with Crippen molar-refractivity contribution in [3.8, 4) is 18.2 Å². The van der Waals surface area contributed by atoms with E-state index in [4.69, 9.17) is 15.8 Å². The number of fused-ring (bicyclic) bond motifs is 1. The van der Waals surface area contributed by atoms with Gasteiger partial charge in [0.1, 0.15) is 23.9 Å². The van der Waals surface area contributed by atoms with Gasteiger partial charge in [-0.05, 0) is 36.4 Å². The molecule has 3 rings (SSSR count). The highest BCUT2D eigenvalue weighted by Gasteiger charge is 2.11. The molecule has 0 aliphatic carbocycles. The lowest BCUT2D eigenvalue weighted by Gasteiger charge is -2.06. The van der Waals surface area contributed by atoms with Crippen LogP contribution in [0, 0.1) is 34.0 Å². The number of aromatic nitrogens is 1. The van der Waals surface area contributed by atoms with Crippen LogP contribution in [0.2, 0.25) is 0 Å². The Balaban J connectivity index is 1.74.